The third-order valence-corrected chi connectivity index (χ3v) is 4.44. The molecule has 1 aliphatic heterocycles. The average Bonchev–Trinajstić information content (AvgIpc) is 2.92. The van der Waals surface area contributed by atoms with Gasteiger partial charge in [0.05, 0.1) is 12.2 Å². The van der Waals surface area contributed by atoms with Crippen LogP contribution in [0.15, 0.2) is 42.5 Å². The zero-order valence-electron chi connectivity index (χ0n) is 12.5. The maximum Gasteiger partial charge on any atom is 0.0914 e. The number of aliphatic hydroxyl groups excluding tert-OH is 1. The summed E-state index contributed by atoms with van der Waals surface area (Å²) in [6.07, 6.45) is 0.975. The number of hydrogen-bond acceptors (Lipinski definition) is 3. The van der Waals surface area contributed by atoms with Crippen LogP contribution < -0.4 is 5.32 Å². The standard InChI is InChI=1S/C18H23NO2/c1-13-17(8-9-21-13)11-19-12-18(20)16-7-6-14-4-2-3-5-15(14)10-16/h2-7,10,13,17-20H,8-9,11-12H2,1H3. The normalized spacial score (nSPS) is 23.5. The van der Waals surface area contributed by atoms with Gasteiger partial charge in [0, 0.05) is 19.7 Å². The van der Waals surface area contributed by atoms with Crippen molar-refractivity contribution in [3.05, 3.63) is 48.0 Å². The van der Waals surface area contributed by atoms with Gasteiger partial charge in [-0.25, -0.2) is 0 Å². The van der Waals surface area contributed by atoms with Crippen molar-refractivity contribution in [2.24, 2.45) is 5.92 Å². The van der Waals surface area contributed by atoms with Crippen LogP contribution in [0.2, 0.25) is 0 Å². The van der Waals surface area contributed by atoms with Crippen LogP contribution in [0.25, 0.3) is 10.8 Å². The number of rotatable bonds is 5. The number of ether oxygens (including phenoxy) is 1. The summed E-state index contributed by atoms with van der Waals surface area (Å²) >= 11 is 0. The molecule has 0 saturated carbocycles. The smallest absolute Gasteiger partial charge is 0.0914 e. The molecule has 2 aromatic carbocycles. The molecule has 1 heterocycles. The van der Waals surface area contributed by atoms with E-state index in [-0.39, 0.29) is 0 Å². The number of aliphatic hydroxyl groups is 1. The fraction of sp³-hybridized carbons (Fsp3) is 0.444. The van der Waals surface area contributed by atoms with Gasteiger partial charge in [-0.1, -0.05) is 36.4 Å². The highest BCUT2D eigenvalue weighted by atomic mass is 16.5. The van der Waals surface area contributed by atoms with Crippen molar-refractivity contribution in [1.82, 2.24) is 5.32 Å². The van der Waals surface area contributed by atoms with Gasteiger partial charge in [0.2, 0.25) is 0 Å². The van der Waals surface area contributed by atoms with Gasteiger partial charge in [-0.2, -0.15) is 0 Å². The van der Waals surface area contributed by atoms with Gasteiger partial charge >= 0.3 is 0 Å². The van der Waals surface area contributed by atoms with Crippen molar-refractivity contribution >= 4 is 10.8 Å². The molecule has 0 radical (unpaired) electrons. The fourth-order valence-corrected chi connectivity index (χ4v) is 2.98. The lowest BCUT2D eigenvalue weighted by Crippen LogP contribution is -2.30. The summed E-state index contributed by atoms with van der Waals surface area (Å²) in [6, 6.07) is 14.4. The van der Waals surface area contributed by atoms with Crippen LogP contribution in [0, 0.1) is 5.92 Å². The van der Waals surface area contributed by atoms with Crippen molar-refractivity contribution in [2.75, 3.05) is 19.7 Å². The van der Waals surface area contributed by atoms with Crippen molar-refractivity contribution in [3.63, 3.8) is 0 Å². The molecule has 1 saturated heterocycles. The van der Waals surface area contributed by atoms with Gasteiger partial charge in [-0.15, -0.1) is 0 Å². The molecule has 3 unspecified atom stereocenters. The number of fused-ring (bicyclic) bond motifs is 1. The minimum Gasteiger partial charge on any atom is -0.387 e. The Morgan fingerprint density at radius 3 is 2.81 bits per heavy atom. The molecule has 0 spiro atoms. The Labute approximate surface area is 125 Å². The molecular formula is C18H23NO2. The monoisotopic (exact) mass is 285 g/mol. The van der Waals surface area contributed by atoms with E-state index >= 15 is 0 Å². The van der Waals surface area contributed by atoms with Crippen molar-refractivity contribution < 1.29 is 9.84 Å². The first-order chi connectivity index (χ1) is 10.2. The minimum absolute atomic E-state index is 0.329. The predicted molar refractivity (Wildman–Crippen MR) is 85.3 cm³/mol. The molecule has 2 aromatic rings. The second-order valence-corrected chi connectivity index (χ2v) is 5.91. The molecule has 2 N–H and O–H groups in total. The highest BCUT2D eigenvalue weighted by Crippen LogP contribution is 2.21. The summed E-state index contributed by atoms with van der Waals surface area (Å²) in [5, 5.41) is 16.1. The van der Waals surface area contributed by atoms with Crippen molar-refractivity contribution in [2.45, 2.75) is 25.6 Å². The molecule has 3 rings (SSSR count). The topological polar surface area (TPSA) is 41.5 Å². The van der Waals surface area contributed by atoms with Gasteiger partial charge in [0.15, 0.2) is 0 Å². The first-order valence-corrected chi connectivity index (χ1v) is 7.73. The summed E-state index contributed by atoms with van der Waals surface area (Å²) in [6.45, 7) is 4.48. The lowest BCUT2D eigenvalue weighted by atomic mass is 10.0. The Kier molecular flexibility index (Phi) is 4.54. The molecule has 21 heavy (non-hydrogen) atoms. The van der Waals surface area contributed by atoms with Crippen LogP contribution in [0.5, 0.6) is 0 Å². The van der Waals surface area contributed by atoms with Crippen LogP contribution in [-0.4, -0.2) is 30.9 Å². The molecule has 0 aromatic heterocycles. The van der Waals surface area contributed by atoms with Crippen LogP contribution in [-0.2, 0) is 4.74 Å². The highest BCUT2D eigenvalue weighted by Gasteiger charge is 2.23. The van der Waals surface area contributed by atoms with E-state index in [1.165, 1.54) is 10.8 Å². The van der Waals surface area contributed by atoms with E-state index in [2.05, 4.69) is 36.5 Å². The molecule has 1 aliphatic rings. The average molecular weight is 285 g/mol. The van der Waals surface area contributed by atoms with Gasteiger partial charge in [-0.3, -0.25) is 0 Å². The lowest BCUT2D eigenvalue weighted by Gasteiger charge is -2.17. The van der Waals surface area contributed by atoms with Gasteiger partial charge in [0.25, 0.3) is 0 Å². The van der Waals surface area contributed by atoms with E-state index in [4.69, 9.17) is 4.74 Å². The zero-order valence-corrected chi connectivity index (χ0v) is 12.5. The van der Waals surface area contributed by atoms with Gasteiger partial charge in [-0.05, 0) is 41.7 Å². The van der Waals surface area contributed by atoms with Crippen molar-refractivity contribution in [3.8, 4) is 0 Å². The summed E-state index contributed by atoms with van der Waals surface area (Å²) in [4.78, 5) is 0. The first-order valence-electron chi connectivity index (χ1n) is 7.73. The summed E-state index contributed by atoms with van der Waals surface area (Å²) in [7, 11) is 0. The van der Waals surface area contributed by atoms with Crippen molar-refractivity contribution in [1.29, 1.82) is 0 Å². The molecule has 3 nitrogen and oxygen atoms in total. The second kappa shape index (κ2) is 6.56. The van der Waals surface area contributed by atoms with E-state index in [9.17, 15) is 5.11 Å². The second-order valence-electron chi connectivity index (χ2n) is 5.91. The van der Waals surface area contributed by atoms with Gasteiger partial charge in [0.1, 0.15) is 0 Å². The number of benzene rings is 2. The van der Waals surface area contributed by atoms with Crippen LogP contribution in [0.4, 0.5) is 0 Å². The summed E-state index contributed by atoms with van der Waals surface area (Å²) in [5.41, 5.74) is 0.969. The Morgan fingerprint density at radius 1 is 1.24 bits per heavy atom. The molecule has 0 aliphatic carbocycles. The van der Waals surface area contributed by atoms with Crippen LogP contribution in [0.1, 0.15) is 25.0 Å². The Morgan fingerprint density at radius 2 is 2.05 bits per heavy atom. The van der Waals surface area contributed by atoms with E-state index in [0.29, 0.717) is 18.6 Å². The SMILES string of the molecule is CC1OCCC1CNCC(O)c1ccc2ccccc2c1. The molecule has 112 valence electrons. The maximum atomic E-state index is 10.3. The Balaban J connectivity index is 1.57. The van der Waals surface area contributed by atoms with E-state index in [1.807, 2.05) is 18.2 Å². The molecule has 0 amide bonds. The molecule has 3 heteroatoms. The largest absolute Gasteiger partial charge is 0.387 e. The van der Waals surface area contributed by atoms with Gasteiger partial charge < -0.3 is 15.2 Å². The first kappa shape index (κ1) is 14.5. The maximum absolute atomic E-state index is 10.3. The fourth-order valence-electron chi connectivity index (χ4n) is 2.98. The predicted octanol–water partition coefficient (Wildman–Crippen LogP) is 2.89. The quantitative estimate of drug-likeness (QED) is 0.887. The molecular weight excluding hydrogens is 262 g/mol. The third kappa shape index (κ3) is 3.43. The molecule has 1 fully saturated rings. The summed E-state index contributed by atoms with van der Waals surface area (Å²) in [5.74, 6) is 0.564. The number of nitrogens with one attached hydrogen (secondary N) is 1. The van der Waals surface area contributed by atoms with E-state index < -0.39 is 6.10 Å². The minimum atomic E-state index is -0.466. The third-order valence-electron chi connectivity index (χ3n) is 4.44. The molecule has 0 bridgehead atoms. The van der Waals surface area contributed by atoms with E-state index in [0.717, 1.165) is 25.1 Å². The lowest BCUT2D eigenvalue weighted by molar-refractivity contribution is 0.103. The Bertz CT molecular complexity index is 599. The molecule has 3 atom stereocenters. The van der Waals surface area contributed by atoms with Crippen LogP contribution >= 0.6 is 0 Å². The Hall–Kier alpha value is -1.42. The zero-order chi connectivity index (χ0) is 14.7. The number of hydrogen-bond donors (Lipinski definition) is 2. The summed E-state index contributed by atoms with van der Waals surface area (Å²) < 4.78 is 5.55. The van der Waals surface area contributed by atoms with E-state index in [1.54, 1.807) is 0 Å². The highest BCUT2D eigenvalue weighted by molar-refractivity contribution is 5.83. The van der Waals surface area contributed by atoms with Crippen LogP contribution in [0.3, 0.4) is 0 Å².